The van der Waals surface area contributed by atoms with E-state index in [2.05, 4.69) is 11.2 Å². The van der Waals surface area contributed by atoms with E-state index in [9.17, 15) is 0 Å². The van der Waals surface area contributed by atoms with Gasteiger partial charge < -0.3 is 0 Å². The van der Waals surface area contributed by atoms with Crippen molar-refractivity contribution in [2.45, 2.75) is 12.8 Å². The van der Waals surface area contributed by atoms with Crippen LogP contribution in [0.4, 0.5) is 0 Å². The van der Waals surface area contributed by atoms with Gasteiger partial charge >= 0.3 is 0 Å². The van der Waals surface area contributed by atoms with E-state index in [0.717, 1.165) is 45.5 Å². The summed E-state index contributed by atoms with van der Waals surface area (Å²) >= 11 is 19.9. The van der Waals surface area contributed by atoms with E-state index in [1.54, 1.807) is 17.4 Å². The van der Waals surface area contributed by atoms with Gasteiger partial charge in [0, 0.05) is 21.0 Å². The van der Waals surface area contributed by atoms with Gasteiger partial charge in [-0.25, -0.2) is 9.67 Å². The molecule has 0 fully saturated rings. The summed E-state index contributed by atoms with van der Waals surface area (Å²) in [7, 11) is 0. The summed E-state index contributed by atoms with van der Waals surface area (Å²) in [4.78, 5) is 4.79. The molecule has 0 aliphatic heterocycles. The van der Waals surface area contributed by atoms with E-state index in [4.69, 9.17) is 39.8 Å². The minimum atomic E-state index is 0.586. The second kappa shape index (κ2) is 7.62. The number of allylic oxidation sites excluding steroid dienone is 1. The zero-order valence-electron chi connectivity index (χ0n) is 15.1. The zero-order chi connectivity index (χ0) is 20.0. The van der Waals surface area contributed by atoms with E-state index in [0.29, 0.717) is 10.0 Å². The Hall–Kier alpha value is -2.11. The van der Waals surface area contributed by atoms with Crippen LogP contribution >= 0.6 is 46.1 Å². The largest absolute Gasteiger partial charge is 0.218 e. The monoisotopic (exact) mass is 457 g/mol. The Morgan fingerprint density at radius 2 is 1.76 bits per heavy atom. The number of halogens is 3. The minimum absolute atomic E-state index is 0.586. The molecule has 0 spiro atoms. The van der Waals surface area contributed by atoms with Crippen molar-refractivity contribution in [2.75, 3.05) is 0 Å². The SMILES string of the molecule is Clc1ccc(/C=C2\CCc3cnn(-c4nc(-c5ccc(Cl)cc5Cl)cs4)c32)cc1. The molecule has 3 nitrogen and oxygen atoms in total. The van der Waals surface area contributed by atoms with E-state index < -0.39 is 0 Å². The van der Waals surface area contributed by atoms with Gasteiger partial charge in [-0.3, -0.25) is 0 Å². The second-order valence-electron chi connectivity index (χ2n) is 6.79. The van der Waals surface area contributed by atoms with Gasteiger partial charge in [0.2, 0.25) is 5.13 Å². The smallest absolute Gasteiger partial charge is 0.211 e. The number of rotatable bonds is 3. The fourth-order valence-corrected chi connectivity index (χ4v) is 4.94. The number of hydrogen-bond donors (Lipinski definition) is 0. The normalized spacial score (nSPS) is 14.5. The van der Waals surface area contributed by atoms with Crippen molar-refractivity contribution >= 4 is 57.8 Å². The number of fused-ring (bicyclic) bond motifs is 1. The summed E-state index contributed by atoms with van der Waals surface area (Å²) in [6.45, 7) is 0. The number of thiazole rings is 1. The maximum atomic E-state index is 6.36. The molecule has 0 saturated carbocycles. The molecule has 0 saturated heterocycles. The van der Waals surface area contributed by atoms with Gasteiger partial charge in [0.25, 0.3) is 0 Å². The van der Waals surface area contributed by atoms with Crippen LogP contribution in [0.1, 0.15) is 23.2 Å². The molecule has 29 heavy (non-hydrogen) atoms. The highest BCUT2D eigenvalue weighted by molar-refractivity contribution is 7.12. The first-order valence-electron chi connectivity index (χ1n) is 9.03. The van der Waals surface area contributed by atoms with Crippen LogP contribution in [-0.4, -0.2) is 14.8 Å². The number of aromatic nitrogens is 3. The van der Waals surface area contributed by atoms with E-state index in [-0.39, 0.29) is 0 Å². The molecular weight excluding hydrogens is 445 g/mol. The minimum Gasteiger partial charge on any atom is -0.218 e. The third kappa shape index (κ3) is 3.62. The molecule has 0 bridgehead atoms. The lowest BCUT2D eigenvalue weighted by Gasteiger charge is -2.05. The molecule has 2 aromatic carbocycles. The molecule has 0 unspecified atom stereocenters. The topological polar surface area (TPSA) is 30.7 Å². The maximum Gasteiger partial charge on any atom is 0.211 e. The standard InChI is InChI=1S/C22H14Cl3N3S/c23-16-5-1-13(2-6-16)9-14-3-4-15-11-26-28(21(14)15)22-27-20(12-29-22)18-8-7-17(24)10-19(18)25/h1-2,5-12H,3-4H2/b14-9+. The lowest BCUT2D eigenvalue weighted by atomic mass is 10.1. The molecule has 2 aromatic heterocycles. The Morgan fingerprint density at radius 1 is 0.966 bits per heavy atom. The molecule has 0 atom stereocenters. The molecule has 4 aromatic rings. The van der Waals surface area contributed by atoms with Gasteiger partial charge in [-0.05, 0) is 65.9 Å². The van der Waals surface area contributed by atoms with Gasteiger partial charge in [-0.15, -0.1) is 11.3 Å². The molecular formula is C22H14Cl3N3S. The van der Waals surface area contributed by atoms with Crippen LogP contribution in [0.3, 0.4) is 0 Å². The predicted octanol–water partition coefficient (Wildman–Crippen LogP) is 7.44. The predicted molar refractivity (Wildman–Crippen MR) is 122 cm³/mol. The van der Waals surface area contributed by atoms with Gasteiger partial charge in [0.05, 0.1) is 22.6 Å². The highest BCUT2D eigenvalue weighted by Crippen LogP contribution is 2.37. The number of benzene rings is 2. The molecule has 0 amide bonds. The summed E-state index contributed by atoms with van der Waals surface area (Å²) in [5.74, 6) is 0. The third-order valence-electron chi connectivity index (χ3n) is 4.90. The Bertz CT molecular complexity index is 1240. The molecule has 5 rings (SSSR count). The van der Waals surface area contributed by atoms with Gasteiger partial charge in [0.1, 0.15) is 0 Å². The Labute approximate surface area is 187 Å². The van der Waals surface area contributed by atoms with Gasteiger partial charge in [-0.1, -0.05) is 46.9 Å². The van der Waals surface area contributed by atoms with Crippen molar-refractivity contribution in [1.29, 1.82) is 0 Å². The molecule has 2 heterocycles. The fourth-order valence-electron chi connectivity index (χ4n) is 3.52. The molecule has 1 aliphatic rings. The number of nitrogens with zero attached hydrogens (tertiary/aromatic N) is 3. The zero-order valence-corrected chi connectivity index (χ0v) is 18.2. The summed E-state index contributed by atoms with van der Waals surface area (Å²) in [5, 5.41) is 9.35. The Kier molecular flexibility index (Phi) is 4.96. The van der Waals surface area contributed by atoms with Crippen molar-refractivity contribution < 1.29 is 0 Å². The van der Waals surface area contributed by atoms with Crippen LogP contribution in [-0.2, 0) is 6.42 Å². The van der Waals surface area contributed by atoms with Gasteiger partial charge in [-0.2, -0.15) is 5.10 Å². The summed E-state index contributed by atoms with van der Waals surface area (Å²) < 4.78 is 1.93. The summed E-state index contributed by atoms with van der Waals surface area (Å²) in [6.07, 6.45) is 6.10. The Balaban J connectivity index is 1.53. The molecule has 7 heteroatoms. The molecule has 0 radical (unpaired) electrons. The lowest BCUT2D eigenvalue weighted by molar-refractivity contribution is 0.855. The Morgan fingerprint density at radius 3 is 2.55 bits per heavy atom. The fraction of sp³-hybridized carbons (Fsp3) is 0.0909. The van der Waals surface area contributed by atoms with Crippen LogP contribution < -0.4 is 0 Å². The third-order valence-corrected chi connectivity index (χ3v) is 6.52. The maximum absolute atomic E-state index is 6.36. The summed E-state index contributed by atoms with van der Waals surface area (Å²) in [5.41, 5.74) is 6.42. The molecule has 1 aliphatic carbocycles. The van der Waals surface area contributed by atoms with E-state index in [1.165, 1.54) is 11.1 Å². The van der Waals surface area contributed by atoms with Crippen molar-refractivity contribution in [3.05, 3.63) is 85.9 Å². The van der Waals surface area contributed by atoms with Crippen molar-refractivity contribution in [2.24, 2.45) is 0 Å². The number of aryl methyl sites for hydroxylation is 1. The highest BCUT2D eigenvalue weighted by atomic mass is 35.5. The molecule has 0 N–H and O–H groups in total. The first kappa shape index (κ1) is 18.9. The van der Waals surface area contributed by atoms with E-state index >= 15 is 0 Å². The van der Waals surface area contributed by atoms with Crippen LogP contribution in [0.2, 0.25) is 15.1 Å². The van der Waals surface area contributed by atoms with Crippen LogP contribution in [0, 0.1) is 0 Å². The lowest BCUT2D eigenvalue weighted by Crippen LogP contribution is -2.00. The van der Waals surface area contributed by atoms with Crippen molar-refractivity contribution in [3.8, 4) is 16.4 Å². The average Bonchev–Trinajstić information content (AvgIpc) is 3.41. The first-order valence-corrected chi connectivity index (χ1v) is 11.0. The van der Waals surface area contributed by atoms with Crippen molar-refractivity contribution in [1.82, 2.24) is 14.8 Å². The van der Waals surface area contributed by atoms with Gasteiger partial charge in [0.15, 0.2) is 0 Å². The highest BCUT2D eigenvalue weighted by Gasteiger charge is 2.24. The van der Waals surface area contributed by atoms with Crippen LogP contribution in [0.15, 0.2) is 54.0 Å². The van der Waals surface area contributed by atoms with Crippen LogP contribution in [0.25, 0.3) is 28.0 Å². The van der Waals surface area contributed by atoms with Crippen LogP contribution in [0.5, 0.6) is 0 Å². The first-order chi connectivity index (χ1) is 14.1. The average molecular weight is 459 g/mol. The number of hydrogen-bond acceptors (Lipinski definition) is 3. The summed E-state index contributed by atoms with van der Waals surface area (Å²) in [6, 6.07) is 13.3. The second-order valence-corrected chi connectivity index (χ2v) is 8.91. The molecule has 144 valence electrons. The quantitative estimate of drug-likeness (QED) is 0.319. The van der Waals surface area contributed by atoms with E-state index in [1.807, 2.05) is 52.7 Å². The van der Waals surface area contributed by atoms with Crippen molar-refractivity contribution in [3.63, 3.8) is 0 Å².